The summed E-state index contributed by atoms with van der Waals surface area (Å²) in [6.07, 6.45) is 0. The van der Waals surface area contributed by atoms with Crippen LogP contribution < -0.4 is 20.1 Å². The molecule has 1 aromatic heterocycles. The van der Waals surface area contributed by atoms with Gasteiger partial charge in [-0.05, 0) is 49.5 Å². The molecule has 0 aliphatic carbocycles. The summed E-state index contributed by atoms with van der Waals surface area (Å²) < 4.78 is 17.5. The first-order chi connectivity index (χ1) is 12.3. The molecule has 27 heavy (non-hydrogen) atoms. The highest BCUT2D eigenvalue weighted by Gasteiger charge is 2.09. The van der Waals surface area contributed by atoms with E-state index in [1.54, 1.807) is 0 Å². The van der Waals surface area contributed by atoms with Crippen molar-refractivity contribution in [2.24, 2.45) is 0 Å². The van der Waals surface area contributed by atoms with Crippen LogP contribution in [0, 0.1) is 0 Å². The van der Waals surface area contributed by atoms with E-state index in [9.17, 15) is 0 Å². The first kappa shape index (κ1) is 23.4. The first-order valence-electron chi connectivity index (χ1n) is 8.95. The number of hydrogen-bond donors (Lipinski definition) is 2. The van der Waals surface area contributed by atoms with Gasteiger partial charge in [-0.25, -0.2) is 0 Å². The topological polar surface area (TPSA) is 55.7 Å². The molecule has 7 heteroatoms. The van der Waals surface area contributed by atoms with Crippen LogP contribution in [-0.4, -0.2) is 39.4 Å². The maximum Gasteiger partial charge on any atom is 0.135 e. The van der Waals surface area contributed by atoms with Gasteiger partial charge in [0.15, 0.2) is 0 Å². The lowest BCUT2D eigenvalue weighted by Crippen LogP contribution is -2.20. The zero-order chi connectivity index (χ0) is 17.5. The lowest BCUT2D eigenvalue weighted by atomic mass is 10.1. The van der Waals surface area contributed by atoms with Gasteiger partial charge in [0.2, 0.25) is 0 Å². The number of likely N-dealkylation sites (N-methyl/N-ethyl adjacent to an activating group) is 2. The fourth-order valence-corrected chi connectivity index (χ4v) is 2.75. The van der Waals surface area contributed by atoms with Crippen LogP contribution in [0.1, 0.15) is 13.8 Å². The quantitative estimate of drug-likeness (QED) is 0.481. The zero-order valence-electron chi connectivity index (χ0n) is 15.7. The molecule has 0 radical (unpaired) electrons. The van der Waals surface area contributed by atoms with E-state index in [2.05, 4.69) is 24.5 Å². The van der Waals surface area contributed by atoms with Gasteiger partial charge in [-0.15, -0.1) is 24.8 Å². The Labute approximate surface area is 172 Å². The van der Waals surface area contributed by atoms with E-state index in [1.165, 1.54) is 0 Å². The Kier molecular flexibility index (Phi) is 10.3. The van der Waals surface area contributed by atoms with E-state index < -0.39 is 0 Å². The van der Waals surface area contributed by atoms with Crippen molar-refractivity contribution in [2.75, 3.05) is 39.4 Å². The fraction of sp³-hybridized carbons (Fsp3) is 0.400. The third-order valence-electron chi connectivity index (χ3n) is 4.01. The summed E-state index contributed by atoms with van der Waals surface area (Å²) in [5.74, 6) is 1.71. The SMILES string of the molecule is CCNCCOc1ccc2oc3ccc(OCCNCC)cc3c2c1.Cl.Cl. The standard InChI is InChI=1S/C20H26N2O3.2ClH/c1-3-21-9-11-23-15-5-7-19-17(13-15)18-14-16(6-8-20(18)25-19)24-12-10-22-4-2;;/h5-8,13-14,21-22H,3-4,9-12H2,1-2H3;2*1H. The van der Waals surface area contributed by atoms with Crippen LogP contribution >= 0.6 is 24.8 Å². The van der Waals surface area contributed by atoms with Crippen LogP contribution in [0.3, 0.4) is 0 Å². The highest BCUT2D eigenvalue weighted by atomic mass is 35.5. The minimum Gasteiger partial charge on any atom is -0.492 e. The van der Waals surface area contributed by atoms with E-state index in [0.29, 0.717) is 13.2 Å². The highest BCUT2D eigenvalue weighted by molar-refractivity contribution is 6.05. The van der Waals surface area contributed by atoms with Crippen molar-refractivity contribution >= 4 is 46.8 Å². The second kappa shape index (κ2) is 11.9. The third-order valence-corrected chi connectivity index (χ3v) is 4.01. The van der Waals surface area contributed by atoms with E-state index >= 15 is 0 Å². The molecule has 3 rings (SSSR count). The van der Waals surface area contributed by atoms with Crippen molar-refractivity contribution in [3.8, 4) is 11.5 Å². The molecule has 0 bridgehead atoms. The number of fused-ring (bicyclic) bond motifs is 3. The number of halogens is 2. The average molecular weight is 415 g/mol. The van der Waals surface area contributed by atoms with Gasteiger partial charge in [0.25, 0.3) is 0 Å². The zero-order valence-corrected chi connectivity index (χ0v) is 17.4. The van der Waals surface area contributed by atoms with Crippen LogP contribution in [0.25, 0.3) is 21.9 Å². The molecule has 5 nitrogen and oxygen atoms in total. The number of furan rings is 1. The van der Waals surface area contributed by atoms with Gasteiger partial charge in [0.05, 0.1) is 0 Å². The average Bonchev–Trinajstić information content (AvgIpc) is 3.00. The smallest absolute Gasteiger partial charge is 0.135 e. The Hall–Kier alpha value is -1.66. The molecule has 1 heterocycles. The summed E-state index contributed by atoms with van der Waals surface area (Å²) >= 11 is 0. The molecule has 0 saturated carbocycles. The van der Waals surface area contributed by atoms with E-state index in [1.807, 2.05) is 36.4 Å². The molecule has 2 N–H and O–H groups in total. The van der Waals surface area contributed by atoms with Gasteiger partial charge < -0.3 is 24.5 Å². The predicted octanol–water partition coefficient (Wildman–Crippen LogP) is 4.41. The van der Waals surface area contributed by atoms with E-state index in [4.69, 9.17) is 13.9 Å². The van der Waals surface area contributed by atoms with E-state index in [-0.39, 0.29) is 24.8 Å². The lowest BCUT2D eigenvalue weighted by molar-refractivity contribution is 0.315. The summed E-state index contributed by atoms with van der Waals surface area (Å²) in [5.41, 5.74) is 1.72. The van der Waals surface area contributed by atoms with Gasteiger partial charge in [-0.3, -0.25) is 0 Å². The maximum atomic E-state index is 5.91. The molecule has 2 aromatic carbocycles. The largest absolute Gasteiger partial charge is 0.492 e. The summed E-state index contributed by atoms with van der Waals surface area (Å²) in [5, 5.41) is 8.60. The molecule has 150 valence electrons. The summed E-state index contributed by atoms with van der Waals surface area (Å²) in [6.45, 7) is 9.04. The molecular formula is C20H28Cl2N2O3. The molecule has 3 aromatic rings. The highest BCUT2D eigenvalue weighted by Crippen LogP contribution is 2.33. The van der Waals surface area contributed by atoms with Crippen LogP contribution in [0.4, 0.5) is 0 Å². The Morgan fingerprint density at radius 1 is 0.741 bits per heavy atom. The molecule has 0 spiro atoms. The summed E-state index contributed by atoms with van der Waals surface area (Å²) in [4.78, 5) is 0. The predicted molar refractivity (Wildman–Crippen MR) is 116 cm³/mol. The van der Waals surface area contributed by atoms with E-state index in [0.717, 1.165) is 59.6 Å². The number of hydrogen-bond acceptors (Lipinski definition) is 5. The molecule has 0 atom stereocenters. The molecule has 0 unspecified atom stereocenters. The fourth-order valence-electron chi connectivity index (χ4n) is 2.75. The van der Waals surface area contributed by atoms with Gasteiger partial charge in [-0.2, -0.15) is 0 Å². The number of ether oxygens (including phenoxy) is 2. The van der Waals surface area contributed by atoms with Crippen molar-refractivity contribution in [1.29, 1.82) is 0 Å². The van der Waals surface area contributed by atoms with Crippen molar-refractivity contribution in [3.05, 3.63) is 36.4 Å². The molecule has 0 aliphatic rings. The van der Waals surface area contributed by atoms with Crippen molar-refractivity contribution < 1.29 is 13.9 Å². The van der Waals surface area contributed by atoms with Crippen molar-refractivity contribution in [1.82, 2.24) is 10.6 Å². The normalized spacial score (nSPS) is 10.4. The van der Waals surface area contributed by atoms with Crippen molar-refractivity contribution in [3.63, 3.8) is 0 Å². The minimum absolute atomic E-state index is 0. The third kappa shape index (κ3) is 6.18. The van der Waals surface area contributed by atoms with Gasteiger partial charge >= 0.3 is 0 Å². The number of rotatable bonds is 10. The van der Waals surface area contributed by atoms with Crippen LogP contribution in [0.2, 0.25) is 0 Å². The summed E-state index contributed by atoms with van der Waals surface area (Å²) in [6, 6.07) is 11.9. The lowest BCUT2D eigenvalue weighted by Gasteiger charge is -2.07. The molecule has 0 saturated heterocycles. The molecule has 0 amide bonds. The van der Waals surface area contributed by atoms with Crippen LogP contribution in [0.5, 0.6) is 11.5 Å². The van der Waals surface area contributed by atoms with Gasteiger partial charge in [0.1, 0.15) is 35.9 Å². The second-order valence-electron chi connectivity index (χ2n) is 5.82. The van der Waals surface area contributed by atoms with Crippen LogP contribution in [-0.2, 0) is 0 Å². The summed E-state index contributed by atoms with van der Waals surface area (Å²) in [7, 11) is 0. The molecule has 0 fully saturated rings. The monoisotopic (exact) mass is 414 g/mol. The van der Waals surface area contributed by atoms with Gasteiger partial charge in [-0.1, -0.05) is 13.8 Å². The minimum atomic E-state index is 0. The Morgan fingerprint density at radius 2 is 1.19 bits per heavy atom. The Balaban J connectivity index is 0.00000182. The number of nitrogens with one attached hydrogen (secondary N) is 2. The Morgan fingerprint density at radius 3 is 1.59 bits per heavy atom. The number of benzene rings is 2. The maximum absolute atomic E-state index is 5.91. The van der Waals surface area contributed by atoms with Gasteiger partial charge in [0, 0.05) is 23.9 Å². The van der Waals surface area contributed by atoms with Crippen molar-refractivity contribution in [2.45, 2.75) is 13.8 Å². The Bertz CT molecular complexity index is 757. The first-order valence-corrected chi connectivity index (χ1v) is 8.95. The van der Waals surface area contributed by atoms with Crippen LogP contribution in [0.15, 0.2) is 40.8 Å². The second-order valence-corrected chi connectivity index (χ2v) is 5.82. The molecular weight excluding hydrogens is 387 g/mol. The molecule has 0 aliphatic heterocycles.